The Hall–Kier alpha value is -3.76. The van der Waals surface area contributed by atoms with E-state index < -0.39 is 16.0 Å². The van der Waals surface area contributed by atoms with Crippen molar-refractivity contribution in [3.8, 4) is 23.0 Å². The number of ether oxygens (including phenoxy) is 3. The van der Waals surface area contributed by atoms with Gasteiger partial charge in [0, 0.05) is 10.6 Å². The van der Waals surface area contributed by atoms with E-state index in [2.05, 4.69) is 10.5 Å². The number of carbonyl (C=O) groups is 1. The monoisotopic (exact) mass is 560 g/mol. The Morgan fingerprint density at radius 2 is 1.53 bits per heavy atom. The number of amides is 1. The third-order valence-corrected chi connectivity index (χ3v) is 6.42. The van der Waals surface area contributed by atoms with Gasteiger partial charge in [-0.3, -0.25) is 4.79 Å². The molecule has 11 heteroatoms. The van der Waals surface area contributed by atoms with E-state index >= 15 is 0 Å². The van der Waals surface area contributed by atoms with Crippen molar-refractivity contribution < 1.29 is 31.6 Å². The number of benzene rings is 3. The van der Waals surface area contributed by atoms with E-state index in [1.54, 1.807) is 37.3 Å². The second kappa shape index (κ2) is 13.7. The van der Waals surface area contributed by atoms with Crippen LogP contribution in [0.1, 0.15) is 43.1 Å². The largest absolute Gasteiger partial charge is 0.490 e. The lowest BCUT2D eigenvalue weighted by atomic mass is 10.2. The van der Waals surface area contributed by atoms with Crippen LogP contribution in [0.5, 0.6) is 23.0 Å². The first kappa shape index (κ1) is 28.8. The Balaban J connectivity index is 1.72. The molecule has 0 unspecified atom stereocenters. The summed E-state index contributed by atoms with van der Waals surface area (Å²) in [4.78, 5) is 12.6. The summed E-state index contributed by atoms with van der Waals surface area (Å²) in [6, 6.07) is 15.1. The molecule has 0 saturated heterocycles. The van der Waals surface area contributed by atoms with Crippen molar-refractivity contribution in [2.24, 2.45) is 5.10 Å². The maximum atomic E-state index is 12.7. The Labute approximate surface area is 227 Å². The standard InChI is InChI=1S/C27H29ClN2O7S/c1-4-15-36-23-14-8-20(17-26(23)35-6-3)27(31)30-29-18-19-7-13-24(25(16-19)34-5-2)37-38(32,33)22-11-9-21(28)10-12-22/h7-14,16-18H,4-6,15H2,1-3H3,(H,30,31)/b29-18+. The number of nitrogens with one attached hydrogen (secondary N) is 1. The Bertz CT molecular complexity index is 1380. The number of hydrogen-bond acceptors (Lipinski definition) is 8. The third kappa shape index (κ3) is 7.87. The number of hydrogen-bond donors (Lipinski definition) is 1. The van der Waals surface area contributed by atoms with Crippen molar-refractivity contribution in [3.05, 3.63) is 76.8 Å². The average Bonchev–Trinajstić information content (AvgIpc) is 2.89. The normalized spacial score (nSPS) is 11.3. The van der Waals surface area contributed by atoms with Gasteiger partial charge in [-0.15, -0.1) is 0 Å². The molecule has 0 fully saturated rings. The summed E-state index contributed by atoms with van der Waals surface area (Å²) in [5.41, 5.74) is 3.36. The first-order valence-corrected chi connectivity index (χ1v) is 13.8. The van der Waals surface area contributed by atoms with Gasteiger partial charge < -0.3 is 18.4 Å². The summed E-state index contributed by atoms with van der Waals surface area (Å²) in [5.74, 6) is 0.810. The second-order valence-electron chi connectivity index (χ2n) is 7.77. The van der Waals surface area contributed by atoms with Crippen LogP contribution in [0.15, 0.2) is 70.7 Å². The highest BCUT2D eigenvalue weighted by atomic mass is 35.5. The molecular weight excluding hydrogens is 532 g/mol. The summed E-state index contributed by atoms with van der Waals surface area (Å²) in [6.07, 6.45) is 2.25. The van der Waals surface area contributed by atoms with Crippen LogP contribution >= 0.6 is 11.6 Å². The van der Waals surface area contributed by atoms with Crippen LogP contribution in [0.2, 0.25) is 5.02 Å². The summed E-state index contributed by atoms with van der Waals surface area (Å²) >= 11 is 5.84. The number of rotatable bonds is 13. The minimum atomic E-state index is -4.11. The van der Waals surface area contributed by atoms with Gasteiger partial charge in [-0.2, -0.15) is 13.5 Å². The molecule has 0 bridgehead atoms. The molecule has 1 amide bonds. The van der Waals surface area contributed by atoms with Gasteiger partial charge in [-0.05, 0) is 86.5 Å². The second-order valence-corrected chi connectivity index (χ2v) is 9.76. The molecule has 0 spiro atoms. The lowest BCUT2D eigenvalue weighted by Crippen LogP contribution is -2.18. The molecule has 0 aromatic heterocycles. The molecule has 38 heavy (non-hydrogen) atoms. The molecular formula is C27H29ClN2O7S. The van der Waals surface area contributed by atoms with Crippen molar-refractivity contribution in [2.45, 2.75) is 32.1 Å². The zero-order valence-electron chi connectivity index (χ0n) is 21.3. The van der Waals surface area contributed by atoms with E-state index in [1.165, 1.54) is 36.5 Å². The number of nitrogens with zero attached hydrogens (tertiary/aromatic N) is 1. The van der Waals surface area contributed by atoms with E-state index in [9.17, 15) is 13.2 Å². The van der Waals surface area contributed by atoms with Gasteiger partial charge in [0.1, 0.15) is 4.90 Å². The third-order valence-electron chi connectivity index (χ3n) is 4.92. The minimum Gasteiger partial charge on any atom is -0.490 e. The van der Waals surface area contributed by atoms with Gasteiger partial charge in [0.25, 0.3) is 5.91 Å². The van der Waals surface area contributed by atoms with Crippen LogP contribution in [0.4, 0.5) is 0 Å². The molecule has 1 N–H and O–H groups in total. The molecule has 9 nitrogen and oxygen atoms in total. The fraction of sp³-hybridized carbons (Fsp3) is 0.259. The van der Waals surface area contributed by atoms with E-state index in [-0.39, 0.29) is 23.0 Å². The van der Waals surface area contributed by atoms with Gasteiger partial charge in [-0.25, -0.2) is 5.43 Å². The lowest BCUT2D eigenvalue weighted by molar-refractivity contribution is 0.0954. The first-order chi connectivity index (χ1) is 18.3. The van der Waals surface area contributed by atoms with Crippen LogP contribution in [-0.4, -0.2) is 40.4 Å². The van der Waals surface area contributed by atoms with Crippen molar-refractivity contribution in [3.63, 3.8) is 0 Å². The quantitative estimate of drug-likeness (QED) is 0.168. The van der Waals surface area contributed by atoms with Gasteiger partial charge in [-0.1, -0.05) is 18.5 Å². The Morgan fingerprint density at radius 1 is 0.868 bits per heavy atom. The van der Waals surface area contributed by atoms with Crippen LogP contribution in [0.25, 0.3) is 0 Å². The highest BCUT2D eigenvalue weighted by molar-refractivity contribution is 7.87. The van der Waals surface area contributed by atoms with E-state index in [0.717, 1.165) is 6.42 Å². The molecule has 3 aromatic rings. The van der Waals surface area contributed by atoms with Gasteiger partial charge in [0.2, 0.25) is 0 Å². The van der Waals surface area contributed by atoms with Crippen molar-refractivity contribution >= 4 is 33.8 Å². The fourth-order valence-electron chi connectivity index (χ4n) is 3.19. The number of hydrazone groups is 1. The van der Waals surface area contributed by atoms with Crippen LogP contribution in [0.3, 0.4) is 0 Å². The molecule has 0 atom stereocenters. The molecule has 0 aliphatic rings. The molecule has 0 aliphatic carbocycles. The number of halogens is 1. The summed E-state index contributed by atoms with van der Waals surface area (Å²) < 4.78 is 47.4. The maximum Gasteiger partial charge on any atom is 0.339 e. The first-order valence-electron chi connectivity index (χ1n) is 12.0. The summed E-state index contributed by atoms with van der Waals surface area (Å²) in [5, 5.41) is 4.41. The predicted octanol–water partition coefficient (Wildman–Crippen LogP) is 5.46. The van der Waals surface area contributed by atoms with Crippen LogP contribution in [0, 0.1) is 0 Å². The van der Waals surface area contributed by atoms with E-state index in [4.69, 9.17) is 30.0 Å². The Morgan fingerprint density at radius 3 is 2.18 bits per heavy atom. The highest BCUT2D eigenvalue weighted by Crippen LogP contribution is 2.31. The molecule has 202 valence electrons. The smallest absolute Gasteiger partial charge is 0.339 e. The zero-order chi connectivity index (χ0) is 27.5. The molecule has 0 radical (unpaired) electrons. The fourth-order valence-corrected chi connectivity index (χ4v) is 4.25. The lowest BCUT2D eigenvalue weighted by Gasteiger charge is -2.13. The molecule has 0 heterocycles. The van der Waals surface area contributed by atoms with Crippen molar-refractivity contribution in [1.82, 2.24) is 5.43 Å². The molecule has 3 aromatic carbocycles. The van der Waals surface area contributed by atoms with Gasteiger partial charge in [0.15, 0.2) is 23.0 Å². The SMILES string of the molecule is CCCOc1ccc(C(=O)N/N=C/c2ccc(OS(=O)(=O)c3ccc(Cl)cc3)c(OCC)c2)cc1OCC. The summed E-state index contributed by atoms with van der Waals surface area (Å²) in [7, 11) is -4.11. The Kier molecular flexibility index (Phi) is 10.4. The molecule has 0 aliphatic heterocycles. The van der Waals surface area contributed by atoms with Crippen molar-refractivity contribution in [2.75, 3.05) is 19.8 Å². The zero-order valence-corrected chi connectivity index (χ0v) is 22.8. The van der Waals surface area contributed by atoms with Gasteiger partial charge >= 0.3 is 10.1 Å². The predicted molar refractivity (Wildman–Crippen MR) is 145 cm³/mol. The average molecular weight is 561 g/mol. The molecule has 0 saturated carbocycles. The number of carbonyl (C=O) groups excluding carboxylic acids is 1. The summed E-state index contributed by atoms with van der Waals surface area (Å²) in [6.45, 7) is 6.84. The van der Waals surface area contributed by atoms with Crippen molar-refractivity contribution in [1.29, 1.82) is 0 Å². The van der Waals surface area contributed by atoms with E-state index in [1.807, 2.05) is 13.8 Å². The van der Waals surface area contributed by atoms with E-state index in [0.29, 0.717) is 40.9 Å². The molecule has 3 rings (SSSR count). The highest BCUT2D eigenvalue weighted by Gasteiger charge is 2.19. The van der Waals surface area contributed by atoms with Gasteiger partial charge in [0.05, 0.1) is 26.0 Å². The maximum absolute atomic E-state index is 12.7. The minimum absolute atomic E-state index is 0.0109. The topological polar surface area (TPSA) is 113 Å². The van der Waals surface area contributed by atoms with Crippen LogP contribution < -0.4 is 23.8 Å². The van der Waals surface area contributed by atoms with Crippen LogP contribution in [-0.2, 0) is 10.1 Å².